The van der Waals surface area contributed by atoms with Gasteiger partial charge >= 0.3 is 0 Å². The van der Waals surface area contributed by atoms with Gasteiger partial charge in [-0.3, -0.25) is 4.79 Å². The van der Waals surface area contributed by atoms with Crippen molar-refractivity contribution in [2.45, 2.75) is 51.0 Å². The summed E-state index contributed by atoms with van der Waals surface area (Å²) >= 11 is 3.50. The van der Waals surface area contributed by atoms with Gasteiger partial charge < -0.3 is 9.64 Å². The third-order valence-electron chi connectivity index (χ3n) is 4.14. The van der Waals surface area contributed by atoms with Crippen molar-refractivity contribution >= 4 is 21.8 Å². The van der Waals surface area contributed by atoms with Gasteiger partial charge in [0, 0.05) is 17.8 Å². The molecule has 2 rings (SSSR count). The van der Waals surface area contributed by atoms with Crippen LogP contribution in [0.5, 0.6) is 0 Å². The highest BCUT2D eigenvalue weighted by atomic mass is 79.9. The topological polar surface area (TPSA) is 29.5 Å². The van der Waals surface area contributed by atoms with Crippen LogP contribution in [0.4, 0.5) is 0 Å². The fourth-order valence-corrected chi connectivity index (χ4v) is 3.55. The lowest BCUT2D eigenvalue weighted by atomic mass is 9.90. The highest BCUT2D eigenvalue weighted by molar-refractivity contribution is 9.09. The molecule has 104 valence electrons. The minimum Gasteiger partial charge on any atom is -0.377 e. The van der Waals surface area contributed by atoms with E-state index in [1.165, 1.54) is 32.1 Å². The lowest BCUT2D eigenvalue weighted by Crippen LogP contribution is -2.51. The molecule has 2 aliphatic rings. The van der Waals surface area contributed by atoms with Crippen LogP contribution in [0, 0.1) is 5.92 Å². The Morgan fingerprint density at radius 2 is 1.83 bits per heavy atom. The van der Waals surface area contributed by atoms with Gasteiger partial charge in [0.2, 0.25) is 5.91 Å². The lowest BCUT2D eigenvalue weighted by molar-refractivity contribution is -0.144. The highest BCUT2D eigenvalue weighted by Crippen LogP contribution is 2.25. The Bertz CT molecular complexity index is 265. The summed E-state index contributed by atoms with van der Waals surface area (Å²) < 4.78 is 5.46. The second-order valence-corrected chi connectivity index (χ2v) is 6.10. The fraction of sp³-hybridized carbons (Fsp3) is 0.929. The number of carbonyl (C=O) groups excluding carboxylic acids is 1. The molecule has 0 bridgehead atoms. The molecule has 1 unspecified atom stereocenters. The van der Waals surface area contributed by atoms with E-state index in [2.05, 4.69) is 20.8 Å². The Morgan fingerprint density at radius 1 is 1.17 bits per heavy atom. The Balaban J connectivity index is 1.94. The first-order valence-corrected chi connectivity index (χ1v) is 8.39. The van der Waals surface area contributed by atoms with Gasteiger partial charge in [0.15, 0.2) is 0 Å². The van der Waals surface area contributed by atoms with Crippen LogP contribution in [0.2, 0.25) is 0 Å². The summed E-state index contributed by atoms with van der Waals surface area (Å²) in [5, 5.41) is 0.825. The van der Waals surface area contributed by atoms with Gasteiger partial charge in [-0.25, -0.2) is 0 Å². The second kappa shape index (κ2) is 7.49. The Kier molecular flexibility index (Phi) is 5.96. The van der Waals surface area contributed by atoms with E-state index in [1.54, 1.807) is 0 Å². The number of halogens is 1. The van der Waals surface area contributed by atoms with Gasteiger partial charge in [-0.2, -0.15) is 0 Å². The molecule has 3 nitrogen and oxygen atoms in total. The molecule has 1 saturated heterocycles. The van der Waals surface area contributed by atoms with Gasteiger partial charge in [0.05, 0.1) is 19.3 Å². The first kappa shape index (κ1) is 14.3. The monoisotopic (exact) mass is 317 g/mol. The summed E-state index contributed by atoms with van der Waals surface area (Å²) in [6.07, 6.45) is 8.57. The number of hydrogen-bond donors (Lipinski definition) is 0. The number of nitrogens with zero attached hydrogens (tertiary/aromatic N) is 1. The number of alkyl halides is 1. The fourth-order valence-electron chi connectivity index (χ4n) is 3.01. The molecule has 18 heavy (non-hydrogen) atoms. The van der Waals surface area contributed by atoms with Crippen LogP contribution >= 0.6 is 15.9 Å². The van der Waals surface area contributed by atoms with Crippen LogP contribution in [0.15, 0.2) is 0 Å². The molecule has 1 atom stereocenters. The summed E-state index contributed by atoms with van der Waals surface area (Å²) in [5.41, 5.74) is 0. The number of ether oxygens (including phenoxy) is 1. The van der Waals surface area contributed by atoms with Gasteiger partial charge in [0.1, 0.15) is 0 Å². The normalized spacial score (nSPS) is 27.6. The van der Waals surface area contributed by atoms with Crippen LogP contribution in [-0.2, 0) is 9.53 Å². The predicted molar refractivity (Wildman–Crippen MR) is 75.9 cm³/mol. The maximum absolute atomic E-state index is 12.6. The summed E-state index contributed by atoms with van der Waals surface area (Å²) in [7, 11) is 0. The van der Waals surface area contributed by atoms with Crippen LogP contribution in [0.3, 0.4) is 0 Å². The van der Waals surface area contributed by atoms with Crippen molar-refractivity contribution < 1.29 is 9.53 Å². The molecule has 1 aliphatic heterocycles. The van der Waals surface area contributed by atoms with E-state index in [1.807, 2.05) is 0 Å². The first-order valence-electron chi connectivity index (χ1n) is 7.27. The third kappa shape index (κ3) is 3.70. The SMILES string of the molecule is O=C(C1CCCCCCC1)N1CCOCC1CBr. The average Bonchev–Trinajstić information content (AvgIpc) is 2.37. The maximum atomic E-state index is 12.6. The molecule has 0 aromatic rings. The van der Waals surface area contributed by atoms with Crippen molar-refractivity contribution in [1.29, 1.82) is 0 Å². The third-order valence-corrected chi connectivity index (χ3v) is 4.89. The van der Waals surface area contributed by atoms with Crippen molar-refractivity contribution in [1.82, 2.24) is 4.90 Å². The van der Waals surface area contributed by atoms with Gasteiger partial charge in [-0.05, 0) is 12.8 Å². The molecular weight excluding hydrogens is 294 g/mol. The molecule has 4 heteroatoms. The predicted octanol–water partition coefficient (Wildman–Crippen LogP) is 2.97. The summed E-state index contributed by atoms with van der Waals surface area (Å²) in [6, 6.07) is 0.233. The molecule has 1 saturated carbocycles. The molecule has 0 N–H and O–H groups in total. The molecule has 1 amide bonds. The van der Waals surface area contributed by atoms with E-state index in [-0.39, 0.29) is 12.0 Å². The minimum absolute atomic E-state index is 0.233. The number of carbonyl (C=O) groups is 1. The number of hydrogen-bond acceptors (Lipinski definition) is 2. The lowest BCUT2D eigenvalue weighted by Gasteiger charge is -2.37. The quantitative estimate of drug-likeness (QED) is 0.733. The zero-order valence-corrected chi connectivity index (χ0v) is 12.7. The minimum atomic E-state index is 0.233. The zero-order chi connectivity index (χ0) is 12.8. The van der Waals surface area contributed by atoms with E-state index < -0.39 is 0 Å². The van der Waals surface area contributed by atoms with Gasteiger partial charge in [-0.1, -0.05) is 48.0 Å². The molecule has 0 spiro atoms. The molecular formula is C14H24BrNO2. The zero-order valence-electron chi connectivity index (χ0n) is 11.1. The van der Waals surface area contributed by atoms with Crippen LogP contribution in [0.1, 0.15) is 44.9 Å². The standard InChI is InChI=1S/C14H24BrNO2/c15-10-13-11-18-9-8-16(13)14(17)12-6-4-2-1-3-5-7-12/h12-13H,1-11H2. The number of amides is 1. The van der Waals surface area contributed by atoms with Crippen LogP contribution in [-0.4, -0.2) is 41.9 Å². The van der Waals surface area contributed by atoms with E-state index in [4.69, 9.17) is 4.74 Å². The average molecular weight is 318 g/mol. The van der Waals surface area contributed by atoms with Gasteiger partial charge in [0.25, 0.3) is 0 Å². The van der Waals surface area contributed by atoms with E-state index in [0.717, 1.165) is 24.7 Å². The highest BCUT2D eigenvalue weighted by Gasteiger charge is 2.31. The second-order valence-electron chi connectivity index (χ2n) is 5.46. The molecule has 2 fully saturated rings. The van der Waals surface area contributed by atoms with Gasteiger partial charge in [-0.15, -0.1) is 0 Å². The maximum Gasteiger partial charge on any atom is 0.226 e. The summed E-state index contributed by atoms with van der Waals surface area (Å²) in [5.74, 6) is 0.648. The van der Waals surface area contributed by atoms with Crippen molar-refractivity contribution in [3.8, 4) is 0 Å². The number of rotatable bonds is 2. The Hall–Kier alpha value is -0.0900. The van der Waals surface area contributed by atoms with Crippen LogP contribution in [0.25, 0.3) is 0 Å². The largest absolute Gasteiger partial charge is 0.377 e. The van der Waals surface area contributed by atoms with Crippen molar-refractivity contribution in [2.24, 2.45) is 5.92 Å². The Morgan fingerprint density at radius 3 is 2.50 bits per heavy atom. The molecule has 0 aromatic carbocycles. The van der Waals surface area contributed by atoms with E-state index in [0.29, 0.717) is 19.1 Å². The van der Waals surface area contributed by atoms with Crippen molar-refractivity contribution in [2.75, 3.05) is 25.1 Å². The van der Waals surface area contributed by atoms with Crippen molar-refractivity contribution in [3.05, 3.63) is 0 Å². The summed E-state index contributed by atoms with van der Waals surface area (Å²) in [4.78, 5) is 14.7. The Labute approximate surface area is 118 Å². The number of morpholine rings is 1. The van der Waals surface area contributed by atoms with Crippen molar-refractivity contribution in [3.63, 3.8) is 0 Å². The molecule has 1 aliphatic carbocycles. The first-order chi connectivity index (χ1) is 8.83. The summed E-state index contributed by atoms with van der Waals surface area (Å²) in [6.45, 7) is 2.15. The van der Waals surface area contributed by atoms with Crippen LogP contribution < -0.4 is 0 Å². The smallest absolute Gasteiger partial charge is 0.226 e. The molecule has 0 aromatic heterocycles. The van der Waals surface area contributed by atoms with E-state index in [9.17, 15) is 4.79 Å². The molecule has 0 radical (unpaired) electrons. The van der Waals surface area contributed by atoms with E-state index >= 15 is 0 Å². The molecule has 1 heterocycles.